The van der Waals surface area contributed by atoms with Gasteiger partial charge < -0.3 is 5.11 Å². The molecule has 9 heavy (non-hydrogen) atoms. The molecule has 0 aromatic carbocycles. The van der Waals surface area contributed by atoms with Crippen molar-refractivity contribution in [3.05, 3.63) is 0 Å². The molecule has 0 heterocycles. The van der Waals surface area contributed by atoms with Crippen molar-refractivity contribution >= 4 is 63.1 Å². The first kappa shape index (κ1) is 12.5. The van der Waals surface area contributed by atoms with Crippen LogP contribution in [0.2, 0.25) is 0 Å². The van der Waals surface area contributed by atoms with Gasteiger partial charge >= 0.3 is 57.4 Å². The molecular formula is C5H9KO3. The van der Waals surface area contributed by atoms with Crippen LogP contribution < -0.4 is 0 Å². The van der Waals surface area contributed by atoms with E-state index < -0.39 is 5.97 Å². The summed E-state index contributed by atoms with van der Waals surface area (Å²) in [6, 6.07) is 0. The zero-order valence-corrected chi connectivity index (χ0v) is 4.68. The molecule has 4 heteroatoms. The molecule has 0 amide bonds. The predicted octanol–water partition coefficient (Wildman–Crippen LogP) is -0.208. The summed E-state index contributed by atoms with van der Waals surface area (Å²) in [4.78, 5) is 20.0. The van der Waals surface area contributed by atoms with Gasteiger partial charge in [0.15, 0.2) is 0 Å². The summed E-state index contributed by atoms with van der Waals surface area (Å²) in [7, 11) is 0. The Kier molecular flexibility index (Phi) is 9.53. The average molecular weight is 156 g/mol. The number of ketones is 1. The van der Waals surface area contributed by atoms with E-state index in [2.05, 4.69) is 0 Å². The van der Waals surface area contributed by atoms with Gasteiger partial charge in [-0.3, -0.25) is 9.59 Å². The maximum atomic E-state index is 10.2. The van der Waals surface area contributed by atoms with E-state index in [0.717, 1.165) is 0 Å². The summed E-state index contributed by atoms with van der Waals surface area (Å²) in [6.07, 6.45) is -0.0250. The Labute approximate surface area is 96.2 Å². The van der Waals surface area contributed by atoms with Crippen LogP contribution in [0.25, 0.3) is 0 Å². The van der Waals surface area contributed by atoms with Crippen molar-refractivity contribution in [3.63, 3.8) is 0 Å². The molecule has 0 aliphatic carbocycles. The molecule has 0 aliphatic heterocycles. The van der Waals surface area contributed by atoms with Gasteiger partial charge in [-0.25, -0.2) is 0 Å². The van der Waals surface area contributed by atoms with E-state index in [4.69, 9.17) is 5.11 Å². The van der Waals surface area contributed by atoms with E-state index in [0.29, 0.717) is 6.42 Å². The maximum absolute atomic E-state index is 10.2. The fraction of sp³-hybridized carbons (Fsp3) is 0.600. The Morgan fingerprint density at radius 1 is 1.44 bits per heavy atom. The van der Waals surface area contributed by atoms with Crippen LogP contribution in [0.5, 0.6) is 0 Å². The number of carbonyl (C=O) groups is 2. The van der Waals surface area contributed by atoms with Gasteiger partial charge in [-0.1, -0.05) is 6.92 Å². The van der Waals surface area contributed by atoms with Crippen LogP contribution in [-0.2, 0) is 9.59 Å². The van der Waals surface area contributed by atoms with Gasteiger partial charge in [0, 0.05) is 6.42 Å². The van der Waals surface area contributed by atoms with Gasteiger partial charge in [-0.2, -0.15) is 0 Å². The third-order valence-electron chi connectivity index (χ3n) is 0.743. The Morgan fingerprint density at radius 3 is 2.00 bits per heavy atom. The standard InChI is InChI=1S/C5H8O3.K.H/c1-2-4(6)3-5(7)8;;/h2-3H2,1H3,(H,7,8);;. The van der Waals surface area contributed by atoms with Gasteiger partial charge in [-0.15, -0.1) is 0 Å². The topological polar surface area (TPSA) is 54.4 Å². The molecule has 0 saturated carbocycles. The first-order valence-electron chi connectivity index (χ1n) is 2.40. The molecule has 0 radical (unpaired) electrons. The van der Waals surface area contributed by atoms with E-state index in [9.17, 15) is 9.59 Å². The van der Waals surface area contributed by atoms with E-state index >= 15 is 0 Å². The number of carboxylic acid groups (broad SMARTS) is 1. The fourth-order valence-corrected chi connectivity index (χ4v) is 0.294. The molecule has 0 aromatic heterocycles. The quantitative estimate of drug-likeness (QED) is 0.454. The zero-order chi connectivity index (χ0) is 6.57. The second-order valence-electron chi connectivity index (χ2n) is 1.46. The predicted molar refractivity (Wildman–Crippen MR) is 34.7 cm³/mol. The number of rotatable bonds is 3. The van der Waals surface area contributed by atoms with E-state index in [1.807, 2.05) is 0 Å². The van der Waals surface area contributed by atoms with Crippen LogP contribution in [0.3, 0.4) is 0 Å². The van der Waals surface area contributed by atoms with Gasteiger partial charge in [0.2, 0.25) is 0 Å². The molecule has 0 bridgehead atoms. The number of carbonyl (C=O) groups excluding carboxylic acids is 1. The van der Waals surface area contributed by atoms with E-state index in [1.165, 1.54) is 0 Å². The molecule has 0 saturated heterocycles. The molecular weight excluding hydrogens is 147 g/mol. The Bertz CT molecular complexity index is 111. The van der Waals surface area contributed by atoms with Crippen molar-refractivity contribution in [1.29, 1.82) is 0 Å². The third-order valence-corrected chi connectivity index (χ3v) is 0.743. The molecule has 1 N–H and O–H groups in total. The van der Waals surface area contributed by atoms with Crippen molar-refractivity contribution in [2.75, 3.05) is 0 Å². The van der Waals surface area contributed by atoms with Gasteiger partial charge in [0.05, 0.1) is 0 Å². The SMILES string of the molecule is CCC(=O)CC(=O)O.[KH]. The van der Waals surface area contributed by atoms with Crippen molar-refractivity contribution in [3.8, 4) is 0 Å². The Hall–Kier alpha value is 0.776. The molecule has 48 valence electrons. The molecule has 0 aliphatic rings. The van der Waals surface area contributed by atoms with E-state index in [-0.39, 0.29) is 63.6 Å². The third kappa shape index (κ3) is 8.78. The first-order valence-corrected chi connectivity index (χ1v) is 2.40. The van der Waals surface area contributed by atoms with Crippen molar-refractivity contribution in [2.24, 2.45) is 0 Å². The molecule has 0 atom stereocenters. The Morgan fingerprint density at radius 2 is 1.89 bits per heavy atom. The second kappa shape index (κ2) is 6.89. The molecule has 0 aromatic rings. The molecule has 0 unspecified atom stereocenters. The molecule has 0 spiro atoms. The van der Waals surface area contributed by atoms with Crippen molar-refractivity contribution in [2.45, 2.75) is 19.8 Å². The van der Waals surface area contributed by atoms with Crippen molar-refractivity contribution in [1.82, 2.24) is 0 Å². The second-order valence-corrected chi connectivity index (χ2v) is 1.46. The van der Waals surface area contributed by atoms with Crippen LogP contribution in [0.4, 0.5) is 0 Å². The van der Waals surface area contributed by atoms with Crippen LogP contribution in [0.1, 0.15) is 19.8 Å². The summed E-state index contributed by atoms with van der Waals surface area (Å²) in [5.41, 5.74) is 0. The summed E-state index contributed by atoms with van der Waals surface area (Å²) in [5.74, 6) is -1.27. The number of aliphatic carboxylic acids is 1. The molecule has 0 rings (SSSR count). The number of hydrogen-bond acceptors (Lipinski definition) is 2. The summed E-state index contributed by atoms with van der Waals surface area (Å²) < 4.78 is 0. The monoisotopic (exact) mass is 156 g/mol. The van der Waals surface area contributed by atoms with Gasteiger partial charge in [-0.05, 0) is 0 Å². The van der Waals surface area contributed by atoms with Gasteiger partial charge in [0.1, 0.15) is 12.2 Å². The van der Waals surface area contributed by atoms with E-state index in [1.54, 1.807) is 6.92 Å². The van der Waals surface area contributed by atoms with Gasteiger partial charge in [0.25, 0.3) is 0 Å². The number of carboxylic acids is 1. The normalized spacial score (nSPS) is 7.67. The van der Waals surface area contributed by atoms with Crippen LogP contribution in [0, 0.1) is 0 Å². The average Bonchev–Trinajstić information content (AvgIpc) is 1.65. The zero-order valence-electron chi connectivity index (χ0n) is 4.68. The summed E-state index contributed by atoms with van der Waals surface area (Å²) in [5, 5.41) is 7.99. The number of hydrogen-bond donors (Lipinski definition) is 1. The molecule has 0 fully saturated rings. The number of Topliss-reactive ketones (excluding diaryl/α,β-unsaturated/α-hetero) is 1. The van der Waals surface area contributed by atoms with Crippen LogP contribution in [0.15, 0.2) is 0 Å². The van der Waals surface area contributed by atoms with Crippen LogP contribution in [-0.4, -0.2) is 68.2 Å². The van der Waals surface area contributed by atoms with Crippen LogP contribution >= 0.6 is 0 Å². The molecule has 3 nitrogen and oxygen atoms in total. The fourth-order valence-electron chi connectivity index (χ4n) is 0.294. The minimum absolute atomic E-state index is 0. The van der Waals surface area contributed by atoms with Crippen molar-refractivity contribution < 1.29 is 14.7 Å². The minimum atomic E-state index is -1.04. The summed E-state index contributed by atoms with van der Waals surface area (Å²) in [6.45, 7) is 1.64. The first-order chi connectivity index (χ1) is 3.66. The summed E-state index contributed by atoms with van der Waals surface area (Å²) >= 11 is 0. The Balaban J connectivity index is 0.